The lowest BCUT2D eigenvalue weighted by molar-refractivity contribution is 0.601. The third-order valence-electron chi connectivity index (χ3n) is 2.41. The van der Waals surface area contributed by atoms with Crippen molar-refractivity contribution in [1.82, 2.24) is 5.32 Å². The van der Waals surface area contributed by atoms with Crippen LogP contribution in [0.3, 0.4) is 0 Å². The molecule has 2 rings (SSSR count). The van der Waals surface area contributed by atoms with Crippen LogP contribution in [0.4, 0.5) is 4.39 Å². The van der Waals surface area contributed by atoms with Crippen molar-refractivity contribution in [3.8, 4) is 0 Å². The molecule has 0 aromatic heterocycles. The predicted octanol–water partition coefficient (Wildman–Crippen LogP) is 2.85. The van der Waals surface area contributed by atoms with Crippen LogP contribution in [0.1, 0.15) is 24.4 Å². The van der Waals surface area contributed by atoms with Crippen molar-refractivity contribution in [2.24, 2.45) is 0 Å². The average Bonchev–Trinajstić information content (AvgIpc) is 2.62. The molecule has 0 aliphatic carbocycles. The molecule has 1 aliphatic heterocycles. The normalized spacial score (nSPS) is 22.2. The first-order valence-electron chi connectivity index (χ1n) is 4.46. The lowest BCUT2D eigenvalue weighted by atomic mass is 10.1. The van der Waals surface area contributed by atoms with Crippen LogP contribution in [0.25, 0.3) is 0 Å². The summed E-state index contributed by atoms with van der Waals surface area (Å²) in [5.41, 5.74) is 1.08. The van der Waals surface area contributed by atoms with E-state index in [1.54, 1.807) is 6.07 Å². The summed E-state index contributed by atoms with van der Waals surface area (Å²) in [6.07, 6.45) is 2.32. The Morgan fingerprint density at radius 2 is 2.31 bits per heavy atom. The zero-order valence-electron chi connectivity index (χ0n) is 7.19. The van der Waals surface area contributed by atoms with E-state index in [0.717, 1.165) is 18.5 Å². The van der Waals surface area contributed by atoms with Crippen LogP contribution in [0.5, 0.6) is 0 Å². The maximum atomic E-state index is 13.2. The average molecular weight is 291 g/mol. The summed E-state index contributed by atoms with van der Waals surface area (Å²) in [7, 11) is 0. The van der Waals surface area contributed by atoms with E-state index in [1.807, 2.05) is 34.7 Å². The Morgan fingerprint density at radius 3 is 2.92 bits per heavy atom. The first kappa shape index (κ1) is 9.40. The topological polar surface area (TPSA) is 12.0 Å². The zero-order chi connectivity index (χ0) is 9.26. The minimum atomic E-state index is -0.105. The molecule has 0 bridgehead atoms. The van der Waals surface area contributed by atoms with Crippen molar-refractivity contribution in [2.75, 3.05) is 6.54 Å². The van der Waals surface area contributed by atoms with E-state index in [0.29, 0.717) is 9.61 Å². The highest BCUT2D eigenvalue weighted by Gasteiger charge is 2.16. The van der Waals surface area contributed by atoms with E-state index in [9.17, 15) is 4.39 Å². The number of hydrogen-bond donors (Lipinski definition) is 1. The van der Waals surface area contributed by atoms with Gasteiger partial charge in [0.15, 0.2) is 0 Å². The molecule has 1 aromatic carbocycles. The van der Waals surface area contributed by atoms with Crippen LogP contribution >= 0.6 is 22.6 Å². The van der Waals surface area contributed by atoms with Gasteiger partial charge in [-0.05, 0) is 59.7 Å². The van der Waals surface area contributed by atoms with Crippen molar-refractivity contribution in [3.05, 3.63) is 33.1 Å². The third-order valence-corrected chi connectivity index (χ3v) is 3.28. The van der Waals surface area contributed by atoms with Crippen LogP contribution in [-0.2, 0) is 0 Å². The summed E-state index contributed by atoms with van der Waals surface area (Å²) >= 11 is 2.01. The first-order chi connectivity index (χ1) is 6.27. The van der Waals surface area contributed by atoms with Gasteiger partial charge in [0.25, 0.3) is 0 Å². The Morgan fingerprint density at radius 1 is 1.46 bits per heavy atom. The Kier molecular flexibility index (Phi) is 2.83. The monoisotopic (exact) mass is 291 g/mol. The van der Waals surface area contributed by atoms with Gasteiger partial charge in [0.2, 0.25) is 0 Å². The molecule has 0 saturated carbocycles. The predicted molar refractivity (Wildman–Crippen MR) is 59.1 cm³/mol. The van der Waals surface area contributed by atoms with Gasteiger partial charge in [0, 0.05) is 9.61 Å². The van der Waals surface area contributed by atoms with Gasteiger partial charge in [-0.2, -0.15) is 0 Å². The molecule has 1 saturated heterocycles. The van der Waals surface area contributed by atoms with Gasteiger partial charge in [0.1, 0.15) is 5.82 Å². The fourth-order valence-electron chi connectivity index (χ4n) is 1.70. The van der Waals surface area contributed by atoms with Gasteiger partial charge < -0.3 is 5.32 Å². The summed E-state index contributed by atoms with van der Waals surface area (Å²) in [5, 5.41) is 3.35. The first-order valence-corrected chi connectivity index (χ1v) is 5.53. The molecule has 0 radical (unpaired) electrons. The highest BCUT2D eigenvalue weighted by molar-refractivity contribution is 14.1. The fourth-order valence-corrected chi connectivity index (χ4v) is 2.03. The van der Waals surface area contributed by atoms with Crippen LogP contribution < -0.4 is 5.32 Å². The molecular weight excluding hydrogens is 280 g/mol. The molecule has 1 aliphatic rings. The number of hydrogen-bond acceptors (Lipinski definition) is 1. The molecule has 1 heterocycles. The Hall–Kier alpha value is -0.160. The Balaban J connectivity index is 2.25. The van der Waals surface area contributed by atoms with Crippen molar-refractivity contribution in [1.29, 1.82) is 0 Å². The van der Waals surface area contributed by atoms with Gasteiger partial charge in [-0.3, -0.25) is 0 Å². The Bertz CT molecular complexity index is 308. The second-order valence-corrected chi connectivity index (χ2v) is 4.48. The largest absolute Gasteiger partial charge is 0.310 e. The van der Waals surface area contributed by atoms with Gasteiger partial charge in [0.05, 0.1) is 0 Å². The van der Waals surface area contributed by atoms with Crippen LogP contribution in [-0.4, -0.2) is 6.54 Å². The van der Waals surface area contributed by atoms with E-state index in [1.165, 1.54) is 6.42 Å². The molecule has 0 spiro atoms. The minimum absolute atomic E-state index is 0.105. The van der Waals surface area contributed by atoms with E-state index in [2.05, 4.69) is 5.32 Å². The maximum absolute atomic E-state index is 13.2. The molecule has 0 amide bonds. The van der Waals surface area contributed by atoms with E-state index < -0.39 is 0 Å². The van der Waals surface area contributed by atoms with Gasteiger partial charge in [-0.1, -0.05) is 6.07 Å². The number of halogens is 2. The summed E-state index contributed by atoms with van der Waals surface area (Å²) < 4.78 is 13.9. The summed E-state index contributed by atoms with van der Waals surface area (Å²) in [6, 6.07) is 5.86. The van der Waals surface area contributed by atoms with Crippen LogP contribution in [0.15, 0.2) is 18.2 Å². The van der Waals surface area contributed by atoms with E-state index in [4.69, 9.17) is 0 Å². The van der Waals surface area contributed by atoms with E-state index in [-0.39, 0.29) is 5.82 Å². The number of benzene rings is 1. The second-order valence-electron chi connectivity index (χ2n) is 3.32. The third kappa shape index (κ3) is 2.02. The van der Waals surface area contributed by atoms with Crippen molar-refractivity contribution >= 4 is 22.6 Å². The SMILES string of the molecule is Fc1cc([C@H]2CCCN2)ccc1I. The lowest BCUT2D eigenvalue weighted by Crippen LogP contribution is -2.12. The standard InChI is InChI=1S/C10H11FIN/c11-8-6-7(3-4-9(8)12)10-2-1-5-13-10/h3-4,6,10,13H,1-2,5H2/t10-/m1/s1. The molecule has 70 valence electrons. The van der Waals surface area contributed by atoms with Crippen molar-refractivity contribution in [3.63, 3.8) is 0 Å². The van der Waals surface area contributed by atoms with Gasteiger partial charge in [-0.15, -0.1) is 0 Å². The quantitative estimate of drug-likeness (QED) is 0.785. The molecule has 1 aromatic rings. The lowest BCUT2D eigenvalue weighted by Gasteiger charge is -2.10. The van der Waals surface area contributed by atoms with Crippen LogP contribution in [0.2, 0.25) is 0 Å². The highest BCUT2D eigenvalue weighted by Crippen LogP contribution is 2.24. The summed E-state index contributed by atoms with van der Waals surface area (Å²) in [6.45, 7) is 1.05. The molecule has 1 fully saturated rings. The molecule has 1 atom stereocenters. The number of rotatable bonds is 1. The molecule has 3 heteroatoms. The summed E-state index contributed by atoms with van der Waals surface area (Å²) in [5.74, 6) is -0.105. The summed E-state index contributed by atoms with van der Waals surface area (Å²) in [4.78, 5) is 0. The highest BCUT2D eigenvalue weighted by atomic mass is 127. The molecule has 0 unspecified atom stereocenters. The van der Waals surface area contributed by atoms with Crippen molar-refractivity contribution < 1.29 is 4.39 Å². The Labute approximate surface area is 90.9 Å². The molecule has 13 heavy (non-hydrogen) atoms. The van der Waals surface area contributed by atoms with E-state index >= 15 is 0 Å². The maximum Gasteiger partial charge on any atom is 0.136 e. The number of nitrogens with one attached hydrogen (secondary N) is 1. The van der Waals surface area contributed by atoms with Gasteiger partial charge >= 0.3 is 0 Å². The van der Waals surface area contributed by atoms with Gasteiger partial charge in [-0.25, -0.2) is 4.39 Å². The molecule has 1 nitrogen and oxygen atoms in total. The molecular formula is C10H11FIN. The zero-order valence-corrected chi connectivity index (χ0v) is 9.34. The molecule has 1 N–H and O–H groups in total. The van der Waals surface area contributed by atoms with Crippen LogP contribution in [0, 0.1) is 9.39 Å². The smallest absolute Gasteiger partial charge is 0.136 e. The fraction of sp³-hybridized carbons (Fsp3) is 0.400. The van der Waals surface area contributed by atoms with Crippen molar-refractivity contribution in [2.45, 2.75) is 18.9 Å². The minimum Gasteiger partial charge on any atom is -0.310 e. The second kappa shape index (κ2) is 3.92.